The third-order valence-electron chi connectivity index (χ3n) is 10.7. The highest BCUT2D eigenvalue weighted by Crippen LogP contribution is 2.53. The molecule has 0 unspecified atom stereocenters. The molecular weight excluding hydrogens is 595 g/mol. The van der Waals surface area contributed by atoms with Gasteiger partial charge >= 0.3 is 0 Å². The van der Waals surface area contributed by atoms with Gasteiger partial charge in [-0.1, -0.05) is 141 Å². The van der Waals surface area contributed by atoms with Crippen molar-refractivity contribution in [1.29, 1.82) is 0 Å². The van der Waals surface area contributed by atoms with Gasteiger partial charge in [-0.15, -0.1) is 0 Å². The molecule has 0 N–H and O–H groups in total. The average Bonchev–Trinajstić information content (AvgIpc) is 3.64. The molecule has 2 heteroatoms. The fourth-order valence-corrected chi connectivity index (χ4v) is 8.35. The molecule has 8 aromatic carbocycles. The van der Waals surface area contributed by atoms with Crippen LogP contribution in [0.5, 0.6) is 0 Å². The second-order valence-corrected chi connectivity index (χ2v) is 13.7. The number of anilines is 3. The first-order valence-electron chi connectivity index (χ1n) is 17.0. The second-order valence-electron chi connectivity index (χ2n) is 13.7. The van der Waals surface area contributed by atoms with Crippen LogP contribution in [0.2, 0.25) is 0 Å². The molecule has 0 saturated carbocycles. The van der Waals surface area contributed by atoms with Gasteiger partial charge in [0, 0.05) is 22.1 Å². The highest BCUT2D eigenvalue weighted by molar-refractivity contribution is 6.16. The normalized spacial score (nSPS) is 13.3. The van der Waals surface area contributed by atoms with Crippen LogP contribution in [0, 0.1) is 0 Å². The monoisotopic (exact) mass is 627 g/mol. The van der Waals surface area contributed by atoms with Crippen molar-refractivity contribution in [3.63, 3.8) is 0 Å². The maximum atomic E-state index is 6.48. The molecule has 49 heavy (non-hydrogen) atoms. The van der Waals surface area contributed by atoms with Gasteiger partial charge in [-0.05, 0) is 85.8 Å². The Labute approximate surface area is 285 Å². The van der Waals surface area contributed by atoms with E-state index in [4.69, 9.17) is 4.42 Å². The van der Waals surface area contributed by atoms with E-state index >= 15 is 0 Å². The van der Waals surface area contributed by atoms with Crippen LogP contribution in [-0.2, 0) is 5.41 Å². The fraction of sp³-hybridized carbons (Fsp3) is 0.0638. The van der Waals surface area contributed by atoms with Crippen molar-refractivity contribution in [1.82, 2.24) is 0 Å². The van der Waals surface area contributed by atoms with Crippen LogP contribution >= 0.6 is 0 Å². The largest absolute Gasteiger partial charge is 0.456 e. The summed E-state index contributed by atoms with van der Waals surface area (Å²) in [6, 6.07) is 59.5. The molecule has 1 aromatic heterocycles. The van der Waals surface area contributed by atoms with Crippen LogP contribution < -0.4 is 4.90 Å². The first-order chi connectivity index (χ1) is 24.1. The van der Waals surface area contributed by atoms with Crippen LogP contribution in [0.25, 0.3) is 65.7 Å². The molecular formula is C47H33NO. The predicted molar refractivity (Wildman–Crippen MR) is 206 cm³/mol. The highest BCUT2D eigenvalue weighted by atomic mass is 16.3. The third-order valence-corrected chi connectivity index (χ3v) is 10.7. The fourth-order valence-electron chi connectivity index (χ4n) is 8.35. The molecule has 0 saturated heterocycles. The Kier molecular flexibility index (Phi) is 5.95. The Bertz CT molecular complexity index is 2760. The SMILES string of the molecule is CC1(C)c2ccccc2-c2ccc(N(c3ccc4ccccc4c3-c3cccc4ccccc34)c3cccc4oc5ccccc5c34)cc21. The number of para-hydroxylation sites is 1. The molecule has 0 fully saturated rings. The standard InChI is InChI=1S/C47H33NO/c1-47(2)39-21-9-7-18-35(39)36-27-26-32(29-40(36)47)48(41-22-12-24-44-46(41)38-19-8-10-23-43(38)49-44)42-28-25-31-14-4-6-17-34(31)45(42)37-20-11-15-30-13-3-5-16-33(30)37/h3-29H,1-2H3. The average molecular weight is 628 g/mol. The number of hydrogen-bond donors (Lipinski definition) is 0. The number of furan rings is 1. The van der Waals surface area contributed by atoms with E-state index in [9.17, 15) is 0 Å². The van der Waals surface area contributed by atoms with Gasteiger partial charge in [-0.3, -0.25) is 0 Å². The Morgan fingerprint density at radius 2 is 1.08 bits per heavy atom. The summed E-state index contributed by atoms with van der Waals surface area (Å²) in [4.78, 5) is 2.48. The molecule has 1 aliphatic rings. The summed E-state index contributed by atoms with van der Waals surface area (Å²) < 4.78 is 6.48. The minimum atomic E-state index is -0.135. The summed E-state index contributed by atoms with van der Waals surface area (Å²) in [5, 5.41) is 7.12. The van der Waals surface area contributed by atoms with Crippen molar-refractivity contribution < 1.29 is 4.42 Å². The summed E-state index contributed by atoms with van der Waals surface area (Å²) in [7, 11) is 0. The Morgan fingerprint density at radius 3 is 1.96 bits per heavy atom. The van der Waals surface area contributed by atoms with Crippen LogP contribution in [-0.4, -0.2) is 0 Å². The Morgan fingerprint density at radius 1 is 0.449 bits per heavy atom. The van der Waals surface area contributed by atoms with Crippen molar-refractivity contribution in [3.8, 4) is 22.3 Å². The van der Waals surface area contributed by atoms with E-state index in [0.29, 0.717) is 0 Å². The van der Waals surface area contributed by atoms with E-state index in [0.717, 1.165) is 39.0 Å². The minimum absolute atomic E-state index is 0.135. The smallest absolute Gasteiger partial charge is 0.137 e. The topological polar surface area (TPSA) is 16.4 Å². The lowest BCUT2D eigenvalue weighted by atomic mass is 9.82. The molecule has 232 valence electrons. The van der Waals surface area contributed by atoms with Crippen molar-refractivity contribution in [2.75, 3.05) is 4.90 Å². The molecule has 9 aromatic rings. The number of fused-ring (bicyclic) bond motifs is 8. The van der Waals surface area contributed by atoms with E-state index < -0.39 is 0 Å². The maximum Gasteiger partial charge on any atom is 0.137 e. The molecule has 0 spiro atoms. The lowest BCUT2D eigenvalue weighted by Gasteiger charge is -2.31. The summed E-state index contributed by atoms with van der Waals surface area (Å²) in [6.45, 7) is 4.71. The molecule has 1 aliphatic carbocycles. The van der Waals surface area contributed by atoms with Gasteiger partial charge in [0.05, 0.1) is 16.8 Å². The lowest BCUT2D eigenvalue weighted by molar-refractivity contribution is 0.660. The molecule has 0 radical (unpaired) electrons. The number of rotatable bonds is 4. The van der Waals surface area contributed by atoms with Gasteiger partial charge in [0.2, 0.25) is 0 Å². The minimum Gasteiger partial charge on any atom is -0.456 e. The van der Waals surface area contributed by atoms with Gasteiger partial charge < -0.3 is 9.32 Å². The van der Waals surface area contributed by atoms with Crippen molar-refractivity contribution in [2.45, 2.75) is 19.3 Å². The van der Waals surface area contributed by atoms with Crippen LogP contribution in [0.4, 0.5) is 17.1 Å². The molecule has 0 amide bonds. The molecule has 1 heterocycles. The van der Waals surface area contributed by atoms with Crippen molar-refractivity contribution in [3.05, 3.63) is 175 Å². The second kappa shape index (κ2) is 10.4. The summed E-state index contributed by atoms with van der Waals surface area (Å²) in [5.41, 5.74) is 12.7. The Balaban J connectivity index is 1.34. The van der Waals surface area contributed by atoms with Crippen LogP contribution in [0.15, 0.2) is 168 Å². The van der Waals surface area contributed by atoms with Crippen LogP contribution in [0.3, 0.4) is 0 Å². The third kappa shape index (κ3) is 4.07. The van der Waals surface area contributed by atoms with Crippen molar-refractivity contribution in [2.24, 2.45) is 0 Å². The van der Waals surface area contributed by atoms with E-state index in [1.807, 2.05) is 6.07 Å². The maximum absolute atomic E-state index is 6.48. The van der Waals surface area contributed by atoms with Gasteiger partial charge in [-0.25, -0.2) is 0 Å². The predicted octanol–water partition coefficient (Wildman–Crippen LogP) is 13.3. The van der Waals surface area contributed by atoms with Gasteiger partial charge in [0.15, 0.2) is 0 Å². The molecule has 10 rings (SSSR count). The first-order valence-corrected chi connectivity index (χ1v) is 17.0. The zero-order chi connectivity index (χ0) is 32.7. The molecule has 0 bridgehead atoms. The molecule has 2 nitrogen and oxygen atoms in total. The number of hydrogen-bond acceptors (Lipinski definition) is 2. The van der Waals surface area contributed by atoms with Crippen molar-refractivity contribution >= 4 is 60.5 Å². The van der Waals surface area contributed by atoms with E-state index in [1.165, 1.54) is 54.9 Å². The number of nitrogens with zero attached hydrogens (tertiary/aromatic N) is 1. The molecule has 0 atom stereocenters. The highest BCUT2D eigenvalue weighted by Gasteiger charge is 2.36. The van der Waals surface area contributed by atoms with E-state index in [-0.39, 0.29) is 5.41 Å². The Hall–Kier alpha value is -6.12. The van der Waals surface area contributed by atoms with Gasteiger partial charge in [-0.2, -0.15) is 0 Å². The quantitative estimate of drug-likeness (QED) is 0.193. The van der Waals surface area contributed by atoms with Gasteiger partial charge in [0.1, 0.15) is 11.2 Å². The van der Waals surface area contributed by atoms with Gasteiger partial charge in [0.25, 0.3) is 0 Å². The van der Waals surface area contributed by atoms with E-state index in [1.54, 1.807) is 0 Å². The zero-order valence-corrected chi connectivity index (χ0v) is 27.4. The lowest BCUT2D eigenvalue weighted by Crippen LogP contribution is -2.17. The zero-order valence-electron chi connectivity index (χ0n) is 27.4. The first kappa shape index (κ1) is 27.9. The molecule has 0 aliphatic heterocycles. The summed E-state index contributed by atoms with van der Waals surface area (Å²) in [5.74, 6) is 0. The summed E-state index contributed by atoms with van der Waals surface area (Å²) >= 11 is 0. The number of benzene rings is 8. The summed E-state index contributed by atoms with van der Waals surface area (Å²) in [6.07, 6.45) is 0. The van der Waals surface area contributed by atoms with E-state index in [2.05, 4.69) is 176 Å². The van der Waals surface area contributed by atoms with Crippen LogP contribution in [0.1, 0.15) is 25.0 Å².